The van der Waals surface area contributed by atoms with Crippen LogP contribution in [0.2, 0.25) is 0 Å². The number of hydrogen-bond donors (Lipinski definition) is 0. The molecule has 0 aliphatic carbocycles. The normalized spacial score (nSPS) is 10.4. The quantitative estimate of drug-likeness (QED) is 0.830. The molecule has 0 saturated heterocycles. The van der Waals surface area contributed by atoms with Crippen LogP contribution in [0.5, 0.6) is 0 Å². The first kappa shape index (κ1) is 12.4. The molecule has 1 amide bonds. The third-order valence-electron chi connectivity index (χ3n) is 2.84. The summed E-state index contributed by atoms with van der Waals surface area (Å²) in [6, 6.07) is 9.65. The molecule has 4 heteroatoms. The summed E-state index contributed by atoms with van der Waals surface area (Å²) in [5.41, 5.74) is 2.31. The van der Waals surface area contributed by atoms with E-state index in [1.54, 1.807) is 9.58 Å². The Morgan fingerprint density at radius 2 is 2.00 bits per heavy atom. The number of aryl methyl sites for hydroxylation is 2. The molecule has 0 aliphatic rings. The number of carbonyl (C=O) groups excluding carboxylic acids is 1. The molecular formula is C14H17N3O. The van der Waals surface area contributed by atoms with Crippen LogP contribution in [0.15, 0.2) is 36.5 Å². The number of amides is 1. The molecule has 0 N–H and O–H groups in total. The van der Waals surface area contributed by atoms with E-state index in [0.29, 0.717) is 12.2 Å². The van der Waals surface area contributed by atoms with Crippen LogP contribution in [0, 0.1) is 6.92 Å². The zero-order chi connectivity index (χ0) is 13.1. The molecule has 0 atom stereocenters. The second-order valence-electron chi connectivity index (χ2n) is 4.22. The van der Waals surface area contributed by atoms with Crippen molar-refractivity contribution < 1.29 is 4.79 Å². The van der Waals surface area contributed by atoms with Gasteiger partial charge in [-0.15, -0.1) is 0 Å². The van der Waals surface area contributed by atoms with Crippen LogP contribution < -0.4 is 4.90 Å². The van der Waals surface area contributed by atoms with E-state index in [2.05, 4.69) is 5.10 Å². The molecule has 0 bridgehead atoms. The molecule has 4 nitrogen and oxygen atoms in total. The number of aromatic nitrogens is 2. The summed E-state index contributed by atoms with van der Waals surface area (Å²) in [6.45, 7) is 4.49. The van der Waals surface area contributed by atoms with Crippen molar-refractivity contribution >= 4 is 11.6 Å². The summed E-state index contributed by atoms with van der Waals surface area (Å²) in [6.07, 6.45) is 1.85. The van der Waals surface area contributed by atoms with Crippen LogP contribution in [0.4, 0.5) is 5.69 Å². The molecular weight excluding hydrogens is 226 g/mol. The Kier molecular flexibility index (Phi) is 3.46. The maximum atomic E-state index is 12.5. The second kappa shape index (κ2) is 5.04. The Morgan fingerprint density at radius 3 is 2.50 bits per heavy atom. The van der Waals surface area contributed by atoms with Gasteiger partial charge in [-0.2, -0.15) is 5.10 Å². The Hall–Kier alpha value is -2.10. The van der Waals surface area contributed by atoms with Gasteiger partial charge in [0.25, 0.3) is 5.91 Å². The average Bonchev–Trinajstić information content (AvgIpc) is 2.70. The van der Waals surface area contributed by atoms with E-state index in [0.717, 1.165) is 11.3 Å². The molecule has 94 valence electrons. The summed E-state index contributed by atoms with van der Waals surface area (Å²) >= 11 is 0. The van der Waals surface area contributed by atoms with Gasteiger partial charge < -0.3 is 4.90 Å². The molecule has 1 heterocycles. The van der Waals surface area contributed by atoms with Crippen molar-refractivity contribution in [2.45, 2.75) is 13.8 Å². The highest BCUT2D eigenvalue weighted by Gasteiger charge is 2.20. The highest BCUT2D eigenvalue weighted by molar-refractivity contribution is 6.05. The van der Waals surface area contributed by atoms with Crippen molar-refractivity contribution in [3.05, 3.63) is 47.8 Å². The smallest absolute Gasteiger partial charge is 0.279 e. The minimum atomic E-state index is -0.0539. The SMILES string of the molecule is CCN(C(=O)c1nn(C)cc1C)c1ccccc1. The van der Waals surface area contributed by atoms with E-state index in [1.165, 1.54) is 0 Å². The van der Waals surface area contributed by atoms with Crippen molar-refractivity contribution in [3.8, 4) is 0 Å². The summed E-state index contributed by atoms with van der Waals surface area (Å²) in [5, 5.41) is 4.23. The third kappa shape index (κ3) is 2.27. The van der Waals surface area contributed by atoms with E-state index in [9.17, 15) is 4.79 Å². The lowest BCUT2D eigenvalue weighted by Crippen LogP contribution is -2.31. The van der Waals surface area contributed by atoms with Crippen molar-refractivity contribution in [2.24, 2.45) is 7.05 Å². The fraction of sp³-hybridized carbons (Fsp3) is 0.286. The van der Waals surface area contributed by atoms with E-state index < -0.39 is 0 Å². The van der Waals surface area contributed by atoms with E-state index in [-0.39, 0.29) is 5.91 Å². The largest absolute Gasteiger partial charge is 0.307 e. The van der Waals surface area contributed by atoms with Gasteiger partial charge in [0.15, 0.2) is 5.69 Å². The van der Waals surface area contributed by atoms with Crippen LogP contribution in [-0.2, 0) is 7.05 Å². The van der Waals surface area contributed by atoms with Gasteiger partial charge in [0.05, 0.1) is 0 Å². The molecule has 18 heavy (non-hydrogen) atoms. The topological polar surface area (TPSA) is 38.1 Å². The number of anilines is 1. The first-order chi connectivity index (χ1) is 8.63. The van der Waals surface area contributed by atoms with Gasteiger partial charge in [-0.3, -0.25) is 9.48 Å². The summed E-state index contributed by atoms with van der Waals surface area (Å²) < 4.78 is 1.67. The molecule has 1 aromatic carbocycles. The molecule has 0 spiro atoms. The van der Waals surface area contributed by atoms with Gasteiger partial charge in [-0.25, -0.2) is 0 Å². The van der Waals surface area contributed by atoms with Crippen molar-refractivity contribution in [1.82, 2.24) is 9.78 Å². The van der Waals surface area contributed by atoms with Crippen LogP contribution in [0.3, 0.4) is 0 Å². The molecule has 2 aromatic rings. The van der Waals surface area contributed by atoms with Gasteiger partial charge in [-0.1, -0.05) is 18.2 Å². The van der Waals surface area contributed by atoms with Crippen LogP contribution >= 0.6 is 0 Å². The highest BCUT2D eigenvalue weighted by atomic mass is 16.2. The van der Waals surface area contributed by atoms with Gasteiger partial charge in [0.1, 0.15) is 0 Å². The minimum Gasteiger partial charge on any atom is -0.307 e. The number of hydrogen-bond acceptors (Lipinski definition) is 2. The number of para-hydroxylation sites is 1. The molecule has 0 aliphatic heterocycles. The predicted molar refractivity (Wildman–Crippen MR) is 71.7 cm³/mol. The average molecular weight is 243 g/mol. The van der Waals surface area contributed by atoms with E-state index >= 15 is 0 Å². The summed E-state index contributed by atoms with van der Waals surface area (Å²) in [5.74, 6) is -0.0539. The molecule has 2 rings (SSSR count). The molecule has 1 aromatic heterocycles. The second-order valence-corrected chi connectivity index (χ2v) is 4.22. The van der Waals surface area contributed by atoms with Gasteiger partial charge in [0, 0.05) is 31.0 Å². The maximum absolute atomic E-state index is 12.5. The fourth-order valence-electron chi connectivity index (χ4n) is 2.00. The lowest BCUT2D eigenvalue weighted by Gasteiger charge is -2.20. The van der Waals surface area contributed by atoms with Crippen molar-refractivity contribution in [2.75, 3.05) is 11.4 Å². The molecule has 0 unspecified atom stereocenters. The van der Waals surface area contributed by atoms with E-state index in [4.69, 9.17) is 0 Å². The number of carbonyl (C=O) groups is 1. The number of benzene rings is 1. The van der Waals surface area contributed by atoms with Gasteiger partial charge in [0.2, 0.25) is 0 Å². The Labute approximate surface area is 107 Å². The number of rotatable bonds is 3. The lowest BCUT2D eigenvalue weighted by molar-refractivity contribution is 0.0982. The lowest BCUT2D eigenvalue weighted by atomic mass is 10.2. The minimum absolute atomic E-state index is 0.0539. The first-order valence-corrected chi connectivity index (χ1v) is 6.00. The summed E-state index contributed by atoms with van der Waals surface area (Å²) in [4.78, 5) is 14.2. The summed E-state index contributed by atoms with van der Waals surface area (Å²) in [7, 11) is 1.82. The zero-order valence-corrected chi connectivity index (χ0v) is 10.9. The maximum Gasteiger partial charge on any atom is 0.279 e. The van der Waals surface area contributed by atoms with Crippen LogP contribution in [0.25, 0.3) is 0 Å². The van der Waals surface area contributed by atoms with Crippen molar-refractivity contribution in [1.29, 1.82) is 0 Å². The standard InChI is InChI=1S/C14H17N3O/c1-4-17(12-8-6-5-7-9-12)14(18)13-11(2)10-16(3)15-13/h5-10H,4H2,1-3H3. The van der Waals surface area contributed by atoms with Crippen LogP contribution in [-0.4, -0.2) is 22.2 Å². The highest BCUT2D eigenvalue weighted by Crippen LogP contribution is 2.17. The zero-order valence-electron chi connectivity index (χ0n) is 10.9. The third-order valence-corrected chi connectivity index (χ3v) is 2.84. The van der Waals surface area contributed by atoms with Gasteiger partial charge in [-0.05, 0) is 26.0 Å². The Bertz CT molecular complexity index is 545. The van der Waals surface area contributed by atoms with E-state index in [1.807, 2.05) is 57.4 Å². The fourth-order valence-corrected chi connectivity index (χ4v) is 2.00. The van der Waals surface area contributed by atoms with Crippen LogP contribution in [0.1, 0.15) is 23.0 Å². The monoisotopic (exact) mass is 243 g/mol. The first-order valence-electron chi connectivity index (χ1n) is 6.00. The molecule has 0 fully saturated rings. The molecule has 0 saturated carbocycles. The van der Waals surface area contributed by atoms with Gasteiger partial charge >= 0.3 is 0 Å². The number of nitrogens with zero attached hydrogens (tertiary/aromatic N) is 3. The Balaban J connectivity index is 2.34. The van der Waals surface area contributed by atoms with Crippen molar-refractivity contribution in [3.63, 3.8) is 0 Å². The molecule has 0 radical (unpaired) electrons. The Morgan fingerprint density at radius 1 is 1.33 bits per heavy atom. The predicted octanol–water partition coefficient (Wildman–Crippen LogP) is 2.40.